The number of aryl methyl sites for hydroxylation is 2. The van der Waals surface area contributed by atoms with Crippen LogP contribution < -0.4 is 0 Å². The smallest absolute Gasteiger partial charge is 0.159 e. The van der Waals surface area contributed by atoms with Crippen LogP contribution in [0.3, 0.4) is 0 Å². The van der Waals surface area contributed by atoms with Gasteiger partial charge >= 0.3 is 0 Å². The van der Waals surface area contributed by atoms with Crippen LogP contribution in [0.2, 0.25) is 0 Å². The molecule has 0 N–H and O–H groups in total. The molecule has 2 heterocycles. The second kappa shape index (κ2) is 3.18. The summed E-state index contributed by atoms with van der Waals surface area (Å²) in [5.74, 6) is 0.935. The van der Waals surface area contributed by atoms with Gasteiger partial charge in [-0.1, -0.05) is 6.58 Å². The topological polar surface area (TPSA) is 22.8 Å². The summed E-state index contributed by atoms with van der Waals surface area (Å²) in [6, 6.07) is 6.15. The van der Waals surface area contributed by atoms with Crippen LogP contribution in [-0.2, 0) is 0 Å². The molecule has 3 heteroatoms. The maximum atomic E-state index is 4.35. The first-order valence-electron chi connectivity index (χ1n) is 4.55. The van der Waals surface area contributed by atoms with E-state index in [0.717, 1.165) is 5.82 Å². The fourth-order valence-electron chi connectivity index (χ4n) is 1.58. The Bertz CT molecular complexity index is 443. The molecule has 0 aliphatic heterocycles. The Hall–Kier alpha value is -1.77. The minimum atomic E-state index is 0.935. The summed E-state index contributed by atoms with van der Waals surface area (Å²) in [7, 11) is 0. The van der Waals surface area contributed by atoms with Crippen LogP contribution in [0.5, 0.6) is 0 Å². The summed E-state index contributed by atoms with van der Waals surface area (Å²) in [4.78, 5) is 0. The van der Waals surface area contributed by atoms with E-state index < -0.39 is 0 Å². The Labute approximate surface area is 83.3 Å². The molecule has 72 valence electrons. The number of nitrogens with zero attached hydrogens (tertiary/aromatic N) is 3. The van der Waals surface area contributed by atoms with Crippen LogP contribution in [0.15, 0.2) is 31.0 Å². The number of hydrogen-bond acceptors (Lipinski definition) is 1. The van der Waals surface area contributed by atoms with Gasteiger partial charge in [-0.2, -0.15) is 5.10 Å². The van der Waals surface area contributed by atoms with Gasteiger partial charge in [-0.25, -0.2) is 4.68 Å². The first-order valence-corrected chi connectivity index (χ1v) is 4.55. The quantitative estimate of drug-likeness (QED) is 0.707. The monoisotopic (exact) mass is 187 g/mol. The van der Waals surface area contributed by atoms with Crippen LogP contribution in [-0.4, -0.2) is 14.3 Å². The lowest BCUT2D eigenvalue weighted by molar-refractivity contribution is 0.856. The molecule has 0 aromatic carbocycles. The third-order valence-electron chi connectivity index (χ3n) is 2.28. The van der Waals surface area contributed by atoms with Crippen molar-refractivity contribution >= 4 is 6.20 Å². The van der Waals surface area contributed by atoms with Crippen LogP contribution in [0.25, 0.3) is 12.0 Å². The van der Waals surface area contributed by atoms with Crippen molar-refractivity contribution in [3.8, 4) is 5.82 Å². The van der Waals surface area contributed by atoms with Gasteiger partial charge in [0.25, 0.3) is 0 Å². The molecule has 0 atom stereocenters. The van der Waals surface area contributed by atoms with Crippen LogP contribution >= 0.6 is 0 Å². The van der Waals surface area contributed by atoms with Gasteiger partial charge in [-0.3, -0.25) is 0 Å². The second-order valence-electron chi connectivity index (χ2n) is 3.29. The van der Waals surface area contributed by atoms with E-state index >= 15 is 0 Å². The SMILES string of the molecule is C=Cn1ccc(-n2c(C)ccc2C)n1. The van der Waals surface area contributed by atoms with E-state index in [-0.39, 0.29) is 0 Å². The Morgan fingerprint density at radius 3 is 2.36 bits per heavy atom. The lowest BCUT2D eigenvalue weighted by Crippen LogP contribution is -2.00. The van der Waals surface area contributed by atoms with Crippen molar-refractivity contribution < 1.29 is 0 Å². The third kappa shape index (κ3) is 1.27. The first kappa shape index (κ1) is 8.81. The van der Waals surface area contributed by atoms with E-state index in [1.807, 2.05) is 12.3 Å². The zero-order chi connectivity index (χ0) is 10.1. The Morgan fingerprint density at radius 2 is 1.86 bits per heavy atom. The third-order valence-corrected chi connectivity index (χ3v) is 2.28. The average Bonchev–Trinajstić information content (AvgIpc) is 2.73. The number of aromatic nitrogens is 3. The molecule has 0 aliphatic carbocycles. The molecule has 0 fully saturated rings. The van der Waals surface area contributed by atoms with E-state index in [2.05, 4.69) is 42.2 Å². The van der Waals surface area contributed by atoms with Gasteiger partial charge in [-0.15, -0.1) is 0 Å². The van der Waals surface area contributed by atoms with Gasteiger partial charge in [0, 0.05) is 29.9 Å². The highest BCUT2D eigenvalue weighted by Crippen LogP contribution is 2.13. The fourth-order valence-corrected chi connectivity index (χ4v) is 1.58. The zero-order valence-electron chi connectivity index (χ0n) is 8.44. The van der Waals surface area contributed by atoms with Gasteiger partial charge in [-0.05, 0) is 26.0 Å². The highest BCUT2D eigenvalue weighted by Gasteiger charge is 2.05. The normalized spacial score (nSPS) is 10.4. The van der Waals surface area contributed by atoms with Crippen LogP contribution in [0.1, 0.15) is 11.4 Å². The van der Waals surface area contributed by atoms with E-state index in [1.54, 1.807) is 10.9 Å². The molecule has 0 radical (unpaired) electrons. The molecule has 14 heavy (non-hydrogen) atoms. The molecule has 0 saturated carbocycles. The van der Waals surface area contributed by atoms with Crippen molar-refractivity contribution in [1.29, 1.82) is 0 Å². The summed E-state index contributed by atoms with van der Waals surface area (Å²) in [5.41, 5.74) is 2.38. The molecular weight excluding hydrogens is 174 g/mol. The minimum absolute atomic E-state index is 0.935. The lowest BCUT2D eigenvalue weighted by atomic mass is 10.5. The van der Waals surface area contributed by atoms with Gasteiger partial charge in [0.2, 0.25) is 0 Å². The predicted octanol–water partition coefficient (Wildman–Crippen LogP) is 2.39. The standard InChI is InChI=1S/C11H13N3/c1-4-13-8-7-11(12-13)14-9(2)5-6-10(14)3/h4-8H,1H2,2-3H3. The average molecular weight is 187 g/mol. The lowest BCUT2D eigenvalue weighted by Gasteiger charge is -2.04. The van der Waals surface area contributed by atoms with E-state index in [1.165, 1.54) is 11.4 Å². The molecule has 0 spiro atoms. The number of rotatable bonds is 2. The summed E-state index contributed by atoms with van der Waals surface area (Å²) in [5, 5.41) is 4.35. The maximum absolute atomic E-state index is 4.35. The summed E-state index contributed by atoms with van der Waals surface area (Å²) < 4.78 is 3.81. The second-order valence-corrected chi connectivity index (χ2v) is 3.29. The van der Waals surface area contributed by atoms with Crippen molar-refractivity contribution in [3.05, 3.63) is 42.4 Å². The molecule has 2 rings (SSSR count). The summed E-state index contributed by atoms with van der Waals surface area (Å²) in [6.45, 7) is 7.80. The molecule has 0 amide bonds. The van der Waals surface area contributed by atoms with Crippen molar-refractivity contribution in [2.75, 3.05) is 0 Å². The highest BCUT2D eigenvalue weighted by molar-refractivity contribution is 5.32. The largest absolute Gasteiger partial charge is 0.302 e. The molecule has 0 bridgehead atoms. The van der Waals surface area contributed by atoms with Crippen molar-refractivity contribution in [2.45, 2.75) is 13.8 Å². The van der Waals surface area contributed by atoms with Gasteiger partial charge in [0.05, 0.1) is 0 Å². The molecule has 2 aromatic rings. The van der Waals surface area contributed by atoms with E-state index in [9.17, 15) is 0 Å². The molecule has 0 saturated heterocycles. The Balaban J connectivity index is 2.53. The summed E-state index contributed by atoms with van der Waals surface area (Å²) in [6.07, 6.45) is 3.57. The van der Waals surface area contributed by atoms with Crippen molar-refractivity contribution in [2.24, 2.45) is 0 Å². The predicted molar refractivity (Wildman–Crippen MR) is 57.4 cm³/mol. The zero-order valence-corrected chi connectivity index (χ0v) is 8.44. The van der Waals surface area contributed by atoms with Crippen molar-refractivity contribution in [1.82, 2.24) is 14.3 Å². The van der Waals surface area contributed by atoms with Crippen LogP contribution in [0, 0.1) is 13.8 Å². The molecule has 2 aromatic heterocycles. The maximum Gasteiger partial charge on any atom is 0.159 e. The summed E-state index contributed by atoms with van der Waals surface area (Å²) >= 11 is 0. The Morgan fingerprint density at radius 1 is 1.21 bits per heavy atom. The van der Waals surface area contributed by atoms with Crippen molar-refractivity contribution in [3.63, 3.8) is 0 Å². The highest BCUT2D eigenvalue weighted by atomic mass is 15.3. The van der Waals surface area contributed by atoms with Gasteiger partial charge in [0.15, 0.2) is 5.82 Å². The molecule has 0 unspecified atom stereocenters. The van der Waals surface area contributed by atoms with E-state index in [4.69, 9.17) is 0 Å². The van der Waals surface area contributed by atoms with E-state index in [0.29, 0.717) is 0 Å². The minimum Gasteiger partial charge on any atom is -0.302 e. The molecule has 3 nitrogen and oxygen atoms in total. The molecule has 0 aliphatic rings. The number of hydrogen-bond donors (Lipinski definition) is 0. The van der Waals surface area contributed by atoms with Crippen LogP contribution in [0.4, 0.5) is 0 Å². The fraction of sp³-hybridized carbons (Fsp3) is 0.182. The van der Waals surface area contributed by atoms with Gasteiger partial charge in [0.1, 0.15) is 0 Å². The first-order chi connectivity index (χ1) is 6.72. The van der Waals surface area contributed by atoms with Gasteiger partial charge < -0.3 is 4.57 Å². The molecular formula is C11H13N3. The Kier molecular flexibility index (Phi) is 2.00.